The summed E-state index contributed by atoms with van der Waals surface area (Å²) in [5, 5.41) is 7.25. The smallest absolute Gasteiger partial charge is 0.308 e. The Bertz CT molecular complexity index is 1030. The van der Waals surface area contributed by atoms with Crippen LogP contribution in [-0.2, 0) is 20.9 Å². The molecule has 0 spiro atoms. The molecule has 0 bridgehead atoms. The minimum atomic E-state index is -0.515. The summed E-state index contributed by atoms with van der Waals surface area (Å²) in [6.45, 7) is 1.85. The van der Waals surface area contributed by atoms with E-state index in [4.69, 9.17) is 4.74 Å². The zero-order valence-electron chi connectivity index (χ0n) is 14.8. The molecule has 2 aromatic carbocycles. The Morgan fingerprint density at radius 2 is 1.85 bits per heavy atom. The Balaban J connectivity index is 1.51. The zero-order chi connectivity index (χ0) is 19.2. The second-order valence-corrected chi connectivity index (χ2v) is 6.07. The lowest BCUT2D eigenvalue weighted by Crippen LogP contribution is -2.22. The van der Waals surface area contributed by atoms with Crippen LogP contribution in [0, 0.1) is 6.92 Å². The minimum Gasteiger partial charge on any atom is -0.456 e. The predicted molar refractivity (Wildman–Crippen MR) is 101 cm³/mol. The van der Waals surface area contributed by atoms with Gasteiger partial charge in [-0.2, -0.15) is 5.10 Å². The first kappa shape index (κ1) is 18.3. The fourth-order valence-electron chi connectivity index (χ4n) is 2.59. The maximum absolute atomic E-state index is 11.9. The predicted octanol–water partition coefficient (Wildman–Crippen LogP) is 2.28. The van der Waals surface area contributed by atoms with E-state index in [1.807, 2.05) is 19.1 Å². The first-order valence-corrected chi connectivity index (χ1v) is 8.50. The van der Waals surface area contributed by atoms with Crippen molar-refractivity contribution in [3.63, 3.8) is 0 Å². The standard InChI is InChI=1S/C20H19N3O4/c1-14-6-8-15(9-7-14)22-19(25)13-27-20(26)10-11-23-17-5-3-2-4-16(17)18(24)12-21-23/h2-9,12H,10-11,13H2,1H3,(H,22,25). The van der Waals surface area contributed by atoms with Gasteiger partial charge in [0, 0.05) is 11.1 Å². The van der Waals surface area contributed by atoms with E-state index in [9.17, 15) is 14.4 Å². The summed E-state index contributed by atoms with van der Waals surface area (Å²) in [7, 11) is 0. The largest absolute Gasteiger partial charge is 0.456 e. The van der Waals surface area contributed by atoms with Crippen LogP contribution in [0.3, 0.4) is 0 Å². The molecule has 0 aliphatic carbocycles. The van der Waals surface area contributed by atoms with Gasteiger partial charge in [-0.1, -0.05) is 29.8 Å². The molecule has 7 heteroatoms. The highest BCUT2D eigenvalue weighted by molar-refractivity contribution is 5.92. The van der Waals surface area contributed by atoms with Crippen molar-refractivity contribution in [2.24, 2.45) is 0 Å². The Hall–Kier alpha value is -3.48. The van der Waals surface area contributed by atoms with E-state index < -0.39 is 11.9 Å². The molecule has 3 aromatic rings. The van der Waals surface area contributed by atoms with Gasteiger partial charge in [0.15, 0.2) is 6.61 Å². The van der Waals surface area contributed by atoms with Crippen molar-refractivity contribution in [1.29, 1.82) is 0 Å². The van der Waals surface area contributed by atoms with Gasteiger partial charge in [-0.15, -0.1) is 0 Å². The summed E-state index contributed by atoms with van der Waals surface area (Å²) in [5.74, 6) is -0.919. The Kier molecular flexibility index (Phi) is 5.61. The van der Waals surface area contributed by atoms with Crippen molar-refractivity contribution in [2.45, 2.75) is 19.9 Å². The number of carbonyl (C=O) groups excluding carboxylic acids is 2. The first-order chi connectivity index (χ1) is 13.0. The molecule has 7 nitrogen and oxygen atoms in total. The number of nitrogens with zero attached hydrogens (tertiary/aromatic N) is 2. The number of aromatic nitrogens is 2. The molecule has 0 atom stereocenters. The van der Waals surface area contributed by atoms with E-state index in [0.717, 1.165) is 5.56 Å². The maximum Gasteiger partial charge on any atom is 0.308 e. The number of esters is 1. The van der Waals surface area contributed by atoms with Gasteiger partial charge in [-0.25, -0.2) is 0 Å². The van der Waals surface area contributed by atoms with Crippen molar-refractivity contribution in [3.05, 3.63) is 70.5 Å². The summed E-state index contributed by atoms with van der Waals surface area (Å²) in [6, 6.07) is 14.4. The number of para-hydroxylation sites is 1. The van der Waals surface area contributed by atoms with Crippen LogP contribution in [0.15, 0.2) is 59.5 Å². The van der Waals surface area contributed by atoms with Gasteiger partial charge in [0.05, 0.1) is 24.7 Å². The quantitative estimate of drug-likeness (QED) is 0.677. The first-order valence-electron chi connectivity index (χ1n) is 8.50. The molecule has 0 aliphatic rings. The number of ether oxygens (including phenoxy) is 1. The van der Waals surface area contributed by atoms with Crippen LogP contribution in [0.4, 0.5) is 5.69 Å². The zero-order valence-corrected chi connectivity index (χ0v) is 14.8. The Labute approximate surface area is 155 Å². The SMILES string of the molecule is Cc1ccc(NC(=O)COC(=O)CCn2ncc(=O)c3ccccc32)cc1. The molecule has 3 rings (SSSR count). The van der Waals surface area contributed by atoms with Gasteiger partial charge in [-0.3, -0.25) is 19.1 Å². The van der Waals surface area contributed by atoms with E-state index in [1.54, 1.807) is 41.1 Å². The fraction of sp³-hybridized carbons (Fsp3) is 0.200. The van der Waals surface area contributed by atoms with Crippen LogP contribution in [0.25, 0.3) is 10.9 Å². The lowest BCUT2D eigenvalue weighted by Gasteiger charge is -2.09. The Morgan fingerprint density at radius 1 is 1.11 bits per heavy atom. The van der Waals surface area contributed by atoms with Crippen molar-refractivity contribution >= 4 is 28.5 Å². The number of benzene rings is 2. The van der Waals surface area contributed by atoms with Gasteiger partial charge >= 0.3 is 5.97 Å². The molecule has 0 aliphatic heterocycles. The highest BCUT2D eigenvalue weighted by Crippen LogP contribution is 2.09. The highest BCUT2D eigenvalue weighted by Gasteiger charge is 2.10. The monoisotopic (exact) mass is 365 g/mol. The number of aryl methyl sites for hydroxylation is 2. The minimum absolute atomic E-state index is 0.0394. The highest BCUT2D eigenvalue weighted by atomic mass is 16.5. The Morgan fingerprint density at radius 3 is 2.63 bits per heavy atom. The van der Waals surface area contributed by atoms with Gasteiger partial charge in [0.2, 0.25) is 5.43 Å². The number of hydrogen-bond donors (Lipinski definition) is 1. The fourth-order valence-corrected chi connectivity index (χ4v) is 2.59. The second kappa shape index (κ2) is 8.27. The normalized spacial score (nSPS) is 10.6. The molecule has 0 saturated heterocycles. The summed E-state index contributed by atoms with van der Waals surface area (Å²) in [6.07, 6.45) is 1.26. The van der Waals surface area contributed by atoms with Crippen molar-refractivity contribution in [2.75, 3.05) is 11.9 Å². The van der Waals surface area contributed by atoms with Crippen LogP contribution < -0.4 is 10.7 Å². The second-order valence-electron chi connectivity index (χ2n) is 6.07. The molecule has 27 heavy (non-hydrogen) atoms. The summed E-state index contributed by atoms with van der Waals surface area (Å²) < 4.78 is 6.58. The molecule has 0 saturated carbocycles. The molecular formula is C20H19N3O4. The lowest BCUT2D eigenvalue weighted by molar-refractivity contribution is -0.147. The number of carbonyl (C=O) groups is 2. The lowest BCUT2D eigenvalue weighted by atomic mass is 10.2. The summed E-state index contributed by atoms with van der Waals surface area (Å²) >= 11 is 0. The molecule has 1 aromatic heterocycles. The van der Waals surface area contributed by atoms with E-state index >= 15 is 0 Å². The number of rotatable bonds is 6. The molecular weight excluding hydrogens is 346 g/mol. The molecule has 0 fully saturated rings. The van der Waals surface area contributed by atoms with Crippen LogP contribution in [0.5, 0.6) is 0 Å². The van der Waals surface area contributed by atoms with E-state index in [-0.39, 0.29) is 25.0 Å². The third-order valence-electron chi connectivity index (χ3n) is 3.99. The maximum atomic E-state index is 11.9. The van der Waals surface area contributed by atoms with Crippen LogP contribution in [0.1, 0.15) is 12.0 Å². The number of hydrogen-bond acceptors (Lipinski definition) is 5. The number of anilines is 1. The number of nitrogens with one attached hydrogen (secondary N) is 1. The average Bonchev–Trinajstić information content (AvgIpc) is 2.68. The third kappa shape index (κ3) is 4.78. The van der Waals surface area contributed by atoms with E-state index in [2.05, 4.69) is 10.4 Å². The van der Waals surface area contributed by atoms with E-state index in [0.29, 0.717) is 16.6 Å². The molecule has 0 unspecified atom stereocenters. The van der Waals surface area contributed by atoms with Gasteiger partial charge in [0.1, 0.15) is 0 Å². The van der Waals surface area contributed by atoms with E-state index in [1.165, 1.54) is 6.20 Å². The van der Waals surface area contributed by atoms with Gasteiger partial charge < -0.3 is 10.1 Å². The van der Waals surface area contributed by atoms with Crippen molar-refractivity contribution < 1.29 is 14.3 Å². The van der Waals surface area contributed by atoms with Crippen molar-refractivity contribution in [1.82, 2.24) is 9.78 Å². The number of amides is 1. The van der Waals surface area contributed by atoms with Crippen LogP contribution >= 0.6 is 0 Å². The molecule has 1 amide bonds. The van der Waals surface area contributed by atoms with Crippen LogP contribution in [0.2, 0.25) is 0 Å². The molecule has 138 valence electrons. The molecule has 0 radical (unpaired) electrons. The topological polar surface area (TPSA) is 90.3 Å². The van der Waals surface area contributed by atoms with Gasteiger partial charge in [0.25, 0.3) is 5.91 Å². The summed E-state index contributed by atoms with van der Waals surface area (Å²) in [4.78, 5) is 35.6. The molecule has 1 heterocycles. The van der Waals surface area contributed by atoms with Crippen molar-refractivity contribution in [3.8, 4) is 0 Å². The average molecular weight is 365 g/mol. The number of fused-ring (bicyclic) bond motifs is 1. The summed E-state index contributed by atoms with van der Waals surface area (Å²) in [5.41, 5.74) is 2.21. The van der Waals surface area contributed by atoms with Crippen LogP contribution in [-0.4, -0.2) is 28.3 Å². The third-order valence-corrected chi connectivity index (χ3v) is 3.99. The molecule has 1 N–H and O–H groups in total. The van der Waals surface area contributed by atoms with Gasteiger partial charge in [-0.05, 0) is 31.2 Å².